The molecule has 0 bridgehead atoms. The number of para-hydroxylation sites is 1. The fourth-order valence-corrected chi connectivity index (χ4v) is 2.60. The molecule has 0 aliphatic carbocycles. The van der Waals surface area contributed by atoms with Crippen molar-refractivity contribution in [3.05, 3.63) is 70.5 Å². The van der Waals surface area contributed by atoms with E-state index in [0.29, 0.717) is 23.9 Å². The van der Waals surface area contributed by atoms with Crippen molar-refractivity contribution in [2.24, 2.45) is 0 Å². The van der Waals surface area contributed by atoms with Crippen molar-refractivity contribution in [2.45, 2.75) is 13.5 Å². The van der Waals surface area contributed by atoms with Gasteiger partial charge in [0.25, 0.3) is 0 Å². The molecule has 6 heteroatoms. The van der Waals surface area contributed by atoms with Crippen LogP contribution in [0.1, 0.15) is 11.1 Å². The third kappa shape index (κ3) is 3.83. The molecule has 0 aliphatic heterocycles. The molecule has 3 rings (SSSR count). The number of nitrogens with one attached hydrogen (secondary N) is 2. The highest BCUT2D eigenvalue weighted by atomic mass is 79.9. The molecule has 0 unspecified atom stereocenters. The van der Waals surface area contributed by atoms with Crippen molar-refractivity contribution in [3.8, 4) is 0 Å². The first-order valence-electron chi connectivity index (χ1n) is 7.55. The summed E-state index contributed by atoms with van der Waals surface area (Å²) < 4.78 is 0.942. The lowest BCUT2D eigenvalue weighted by atomic mass is 10.1. The number of aryl methyl sites for hydroxylation is 1. The molecule has 0 spiro atoms. The average molecular weight is 384 g/mol. The first kappa shape index (κ1) is 16.3. The molecule has 3 aromatic rings. The van der Waals surface area contributed by atoms with Crippen molar-refractivity contribution in [3.63, 3.8) is 0 Å². The van der Waals surface area contributed by atoms with E-state index in [1.165, 1.54) is 17.5 Å². The van der Waals surface area contributed by atoms with Gasteiger partial charge in [-0.1, -0.05) is 42.0 Å². The lowest BCUT2D eigenvalue weighted by Crippen LogP contribution is -2.08. The number of rotatable bonds is 5. The smallest absolute Gasteiger partial charge is 0.159 e. The zero-order chi connectivity index (χ0) is 16.9. The number of aromatic nitrogens is 2. The minimum Gasteiger partial charge on any atom is -0.393 e. The lowest BCUT2D eigenvalue weighted by Gasteiger charge is -2.13. The van der Waals surface area contributed by atoms with Crippen LogP contribution in [0.15, 0.2) is 59.3 Å². The third-order valence-electron chi connectivity index (χ3n) is 3.59. The Morgan fingerprint density at radius 3 is 2.46 bits per heavy atom. The largest absolute Gasteiger partial charge is 0.393 e. The Bertz CT molecular complexity index is 833. The van der Waals surface area contributed by atoms with Gasteiger partial charge in [0, 0.05) is 11.0 Å². The molecule has 0 fully saturated rings. The fourth-order valence-electron chi connectivity index (χ4n) is 2.22. The Morgan fingerprint density at radius 1 is 1.00 bits per heavy atom. The molecule has 0 atom stereocenters. The quantitative estimate of drug-likeness (QED) is 0.605. The van der Waals surface area contributed by atoms with E-state index in [-0.39, 0.29) is 0 Å². The molecule has 122 valence electrons. The highest BCUT2D eigenvalue weighted by Crippen LogP contribution is 2.29. The van der Waals surface area contributed by atoms with Crippen molar-refractivity contribution >= 4 is 38.9 Å². The molecule has 0 saturated carbocycles. The second kappa shape index (κ2) is 7.31. The molecule has 2 aromatic carbocycles. The van der Waals surface area contributed by atoms with Crippen LogP contribution in [0.2, 0.25) is 0 Å². The summed E-state index contributed by atoms with van der Waals surface area (Å²) in [6.45, 7) is 2.72. The summed E-state index contributed by atoms with van der Waals surface area (Å²) in [7, 11) is 0. The van der Waals surface area contributed by atoms with Crippen molar-refractivity contribution in [2.75, 3.05) is 16.4 Å². The number of halogens is 1. The zero-order valence-electron chi connectivity index (χ0n) is 13.3. The van der Waals surface area contributed by atoms with Gasteiger partial charge >= 0.3 is 0 Å². The van der Waals surface area contributed by atoms with Gasteiger partial charge in [-0.3, -0.25) is 0 Å². The van der Waals surface area contributed by atoms with Gasteiger partial charge in [0.1, 0.15) is 12.0 Å². The third-order valence-corrected chi connectivity index (χ3v) is 4.28. The number of nitrogens with zero attached hydrogens (tertiary/aromatic N) is 2. The molecular formula is C18H18BrN5. The molecule has 0 amide bonds. The van der Waals surface area contributed by atoms with Crippen LogP contribution in [0, 0.1) is 6.92 Å². The topological polar surface area (TPSA) is 75.9 Å². The predicted octanol–water partition coefficient (Wildman–Crippen LogP) is 4.49. The molecule has 5 nitrogen and oxygen atoms in total. The van der Waals surface area contributed by atoms with Crippen LogP contribution in [0.4, 0.5) is 23.0 Å². The van der Waals surface area contributed by atoms with Gasteiger partial charge in [0.05, 0.1) is 5.69 Å². The van der Waals surface area contributed by atoms with E-state index in [2.05, 4.69) is 67.7 Å². The number of hydrogen-bond donors (Lipinski definition) is 3. The number of nitrogen functional groups attached to an aromatic ring is 1. The zero-order valence-corrected chi connectivity index (χ0v) is 14.8. The minimum atomic E-state index is 0.486. The van der Waals surface area contributed by atoms with Gasteiger partial charge in [-0.25, -0.2) is 9.97 Å². The Balaban J connectivity index is 1.75. The number of anilines is 4. The normalized spacial score (nSPS) is 10.4. The second-order valence-electron chi connectivity index (χ2n) is 5.43. The monoisotopic (exact) mass is 383 g/mol. The minimum absolute atomic E-state index is 0.486. The number of hydrogen-bond acceptors (Lipinski definition) is 5. The Kier molecular flexibility index (Phi) is 4.96. The molecule has 1 aromatic heterocycles. The second-order valence-corrected chi connectivity index (χ2v) is 6.28. The summed E-state index contributed by atoms with van der Waals surface area (Å²) in [6.07, 6.45) is 1.49. The van der Waals surface area contributed by atoms with Gasteiger partial charge in [-0.15, -0.1) is 0 Å². The maximum Gasteiger partial charge on any atom is 0.159 e. The van der Waals surface area contributed by atoms with E-state index in [4.69, 9.17) is 5.73 Å². The van der Waals surface area contributed by atoms with Crippen molar-refractivity contribution in [1.82, 2.24) is 9.97 Å². The SMILES string of the molecule is Cc1ccc(CNc2ncnc(Nc3ccccc3Br)c2N)cc1. The summed E-state index contributed by atoms with van der Waals surface area (Å²) in [4.78, 5) is 8.47. The molecule has 1 heterocycles. The van der Waals surface area contributed by atoms with E-state index in [9.17, 15) is 0 Å². The molecular weight excluding hydrogens is 366 g/mol. The molecule has 0 radical (unpaired) electrons. The van der Waals surface area contributed by atoms with E-state index >= 15 is 0 Å². The van der Waals surface area contributed by atoms with E-state index in [1.54, 1.807) is 0 Å². The average Bonchev–Trinajstić information content (AvgIpc) is 2.59. The summed E-state index contributed by atoms with van der Waals surface area (Å²) in [5, 5.41) is 6.49. The Hall–Kier alpha value is -2.60. The maximum absolute atomic E-state index is 6.20. The molecule has 4 N–H and O–H groups in total. The predicted molar refractivity (Wildman–Crippen MR) is 102 cm³/mol. The van der Waals surface area contributed by atoms with Gasteiger partial charge in [-0.05, 0) is 40.5 Å². The fraction of sp³-hybridized carbons (Fsp3) is 0.111. The maximum atomic E-state index is 6.20. The van der Waals surface area contributed by atoms with Crippen molar-refractivity contribution < 1.29 is 0 Å². The number of nitrogens with two attached hydrogens (primary N) is 1. The lowest BCUT2D eigenvalue weighted by molar-refractivity contribution is 1.08. The highest BCUT2D eigenvalue weighted by Gasteiger charge is 2.09. The van der Waals surface area contributed by atoms with Crippen LogP contribution in [0.3, 0.4) is 0 Å². The van der Waals surface area contributed by atoms with Crippen LogP contribution >= 0.6 is 15.9 Å². The van der Waals surface area contributed by atoms with Gasteiger partial charge in [-0.2, -0.15) is 0 Å². The van der Waals surface area contributed by atoms with E-state index in [0.717, 1.165) is 10.2 Å². The summed E-state index contributed by atoms with van der Waals surface area (Å²) >= 11 is 3.50. The Morgan fingerprint density at radius 2 is 1.71 bits per heavy atom. The van der Waals surface area contributed by atoms with Gasteiger partial charge in [0.2, 0.25) is 0 Å². The summed E-state index contributed by atoms with van der Waals surface area (Å²) in [5.74, 6) is 1.18. The standard InChI is InChI=1S/C18H18BrN5/c1-12-6-8-13(9-7-12)10-21-17-16(20)18(23-11-22-17)24-15-5-3-2-4-14(15)19/h2-9,11H,10,20H2,1H3,(H2,21,22,23,24). The van der Waals surface area contributed by atoms with E-state index in [1.807, 2.05) is 24.3 Å². The van der Waals surface area contributed by atoms with Gasteiger partial charge < -0.3 is 16.4 Å². The first-order valence-corrected chi connectivity index (χ1v) is 8.34. The van der Waals surface area contributed by atoms with Crippen LogP contribution in [-0.2, 0) is 6.54 Å². The highest BCUT2D eigenvalue weighted by molar-refractivity contribution is 9.10. The molecule has 24 heavy (non-hydrogen) atoms. The molecule has 0 saturated heterocycles. The van der Waals surface area contributed by atoms with Crippen LogP contribution < -0.4 is 16.4 Å². The van der Waals surface area contributed by atoms with E-state index < -0.39 is 0 Å². The molecule has 0 aliphatic rings. The van der Waals surface area contributed by atoms with Crippen LogP contribution in [0.25, 0.3) is 0 Å². The van der Waals surface area contributed by atoms with Crippen LogP contribution in [0.5, 0.6) is 0 Å². The summed E-state index contributed by atoms with van der Waals surface area (Å²) in [5.41, 5.74) is 9.99. The number of benzene rings is 2. The Labute approximate surface area is 149 Å². The van der Waals surface area contributed by atoms with Crippen molar-refractivity contribution in [1.29, 1.82) is 0 Å². The first-order chi connectivity index (χ1) is 11.6. The van der Waals surface area contributed by atoms with Gasteiger partial charge in [0.15, 0.2) is 11.6 Å². The summed E-state index contributed by atoms with van der Waals surface area (Å²) in [6, 6.07) is 16.1. The van der Waals surface area contributed by atoms with Crippen LogP contribution in [-0.4, -0.2) is 9.97 Å².